The van der Waals surface area contributed by atoms with Crippen LogP contribution in [0.5, 0.6) is 0 Å². The average molecular weight is 124 g/mol. The summed E-state index contributed by atoms with van der Waals surface area (Å²) in [5.41, 5.74) is 0. The third-order valence-electron chi connectivity index (χ3n) is 0.271. The molecule has 46 valence electrons. The summed E-state index contributed by atoms with van der Waals surface area (Å²) in [4.78, 5) is 9.30. The molecular formula is C3H2F2O3. The van der Waals surface area contributed by atoms with Gasteiger partial charge in [-0.1, -0.05) is 0 Å². The molecule has 0 amide bonds. The molecule has 0 spiro atoms. The molecule has 0 aromatic heterocycles. The van der Waals surface area contributed by atoms with E-state index in [0.717, 1.165) is 0 Å². The number of hydrogen-bond donors (Lipinski definition) is 1. The Morgan fingerprint density at radius 1 is 1.75 bits per heavy atom. The van der Waals surface area contributed by atoms with E-state index in [-0.39, 0.29) is 0 Å². The summed E-state index contributed by atoms with van der Waals surface area (Å²) in [6.07, 6.45) is -2.47. The first-order chi connectivity index (χ1) is 3.66. The van der Waals surface area contributed by atoms with Crippen molar-refractivity contribution in [2.75, 3.05) is 0 Å². The molecule has 0 aliphatic heterocycles. The van der Waals surface area contributed by atoms with Gasteiger partial charge >= 0.3 is 12.2 Å². The smallest absolute Gasteiger partial charge is 0.449 e. The largest absolute Gasteiger partial charge is 0.513 e. The van der Waals surface area contributed by atoms with Crippen molar-refractivity contribution in [3.05, 3.63) is 12.3 Å². The molecule has 0 aliphatic rings. The normalized spacial score (nSPS) is 11.0. The predicted octanol–water partition coefficient (Wildman–Crippen LogP) is 1.42. The van der Waals surface area contributed by atoms with E-state index in [2.05, 4.69) is 4.74 Å². The van der Waals surface area contributed by atoms with Crippen molar-refractivity contribution in [1.29, 1.82) is 0 Å². The molecule has 0 aromatic carbocycles. The second-order valence-corrected chi connectivity index (χ2v) is 0.781. The molecule has 0 aliphatic carbocycles. The number of ether oxygens (including phenoxy) is 1. The van der Waals surface area contributed by atoms with Gasteiger partial charge in [-0.3, -0.25) is 0 Å². The Labute approximate surface area is 43.2 Å². The lowest BCUT2D eigenvalue weighted by atomic mass is 11.0. The van der Waals surface area contributed by atoms with Crippen LogP contribution in [0.25, 0.3) is 0 Å². The topological polar surface area (TPSA) is 46.5 Å². The second kappa shape index (κ2) is 2.95. The van der Waals surface area contributed by atoms with Crippen molar-refractivity contribution in [1.82, 2.24) is 0 Å². The van der Waals surface area contributed by atoms with E-state index in [0.29, 0.717) is 0 Å². The zero-order chi connectivity index (χ0) is 6.57. The lowest BCUT2D eigenvalue weighted by molar-refractivity contribution is 0.0960. The molecule has 3 nitrogen and oxygen atoms in total. The van der Waals surface area contributed by atoms with Crippen molar-refractivity contribution in [2.24, 2.45) is 0 Å². The second-order valence-electron chi connectivity index (χ2n) is 0.781. The molecule has 0 saturated carbocycles. The van der Waals surface area contributed by atoms with Crippen LogP contribution < -0.4 is 0 Å². The van der Waals surface area contributed by atoms with Gasteiger partial charge in [0, 0.05) is 0 Å². The lowest BCUT2D eigenvalue weighted by Crippen LogP contribution is -1.95. The lowest BCUT2D eigenvalue weighted by Gasteiger charge is -1.88. The minimum Gasteiger partial charge on any atom is -0.449 e. The van der Waals surface area contributed by atoms with Gasteiger partial charge < -0.3 is 9.84 Å². The first kappa shape index (κ1) is 6.87. The van der Waals surface area contributed by atoms with Gasteiger partial charge in [-0.2, -0.15) is 4.39 Å². The minimum atomic E-state index is -1.88. The van der Waals surface area contributed by atoms with Gasteiger partial charge in [0.05, 0.1) is 0 Å². The van der Waals surface area contributed by atoms with Crippen LogP contribution in [0.1, 0.15) is 0 Å². The summed E-state index contributed by atoms with van der Waals surface area (Å²) in [5.74, 6) is 0. The fraction of sp³-hybridized carbons (Fsp3) is 0. The van der Waals surface area contributed by atoms with Crippen molar-refractivity contribution < 1.29 is 23.4 Å². The molecule has 0 aromatic rings. The zero-order valence-electron chi connectivity index (χ0n) is 3.60. The highest BCUT2D eigenvalue weighted by Gasteiger charge is 2.00. The van der Waals surface area contributed by atoms with Gasteiger partial charge in [0.2, 0.25) is 0 Å². The predicted molar refractivity (Wildman–Crippen MR) is 19.4 cm³/mol. The minimum absolute atomic E-state index is 0.589. The molecule has 0 fully saturated rings. The number of halogens is 2. The van der Waals surface area contributed by atoms with Gasteiger partial charge in [0.1, 0.15) is 0 Å². The maximum atomic E-state index is 11.3. The maximum Gasteiger partial charge on any atom is 0.513 e. The molecule has 0 atom stereocenters. The monoisotopic (exact) mass is 124 g/mol. The highest BCUT2D eigenvalue weighted by Crippen LogP contribution is 1.97. The van der Waals surface area contributed by atoms with E-state index in [1.165, 1.54) is 0 Å². The third kappa shape index (κ3) is 3.08. The Balaban J connectivity index is 3.56. The quantitative estimate of drug-likeness (QED) is 0.424. The van der Waals surface area contributed by atoms with E-state index in [1.807, 2.05) is 0 Å². The molecule has 0 bridgehead atoms. The molecule has 0 heterocycles. The Hall–Kier alpha value is -1.13. The molecule has 0 radical (unpaired) electrons. The van der Waals surface area contributed by atoms with Gasteiger partial charge in [-0.15, -0.1) is 0 Å². The molecule has 0 saturated heterocycles. The summed E-state index contributed by atoms with van der Waals surface area (Å²) in [5, 5.41) is 7.55. The first-order valence-electron chi connectivity index (χ1n) is 1.53. The Morgan fingerprint density at radius 2 is 2.25 bits per heavy atom. The van der Waals surface area contributed by atoms with Crippen molar-refractivity contribution in [3.8, 4) is 0 Å². The van der Waals surface area contributed by atoms with E-state index in [4.69, 9.17) is 5.11 Å². The van der Waals surface area contributed by atoms with Gasteiger partial charge in [0.15, 0.2) is 6.33 Å². The summed E-state index contributed by atoms with van der Waals surface area (Å²) < 4.78 is 25.2. The van der Waals surface area contributed by atoms with Crippen LogP contribution in [0.2, 0.25) is 0 Å². The summed E-state index contributed by atoms with van der Waals surface area (Å²) >= 11 is 0. The van der Waals surface area contributed by atoms with Gasteiger partial charge in [-0.25, -0.2) is 9.18 Å². The molecule has 0 rings (SSSR count). The summed E-state index contributed by atoms with van der Waals surface area (Å²) in [7, 11) is 0. The summed E-state index contributed by atoms with van der Waals surface area (Å²) in [6, 6.07) is -1.77. The fourth-order valence-corrected chi connectivity index (χ4v) is 0.106. The highest BCUT2D eigenvalue weighted by atomic mass is 19.2. The van der Waals surface area contributed by atoms with Gasteiger partial charge in [0.25, 0.3) is 0 Å². The van der Waals surface area contributed by atoms with E-state index < -0.39 is 18.5 Å². The number of hydrogen-bond acceptors (Lipinski definition) is 2. The molecule has 8 heavy (non-hydrogen) atoms. The Kier molecular flexibility index (Phi) is 2.53. The van der Waals surface area contributed by atoms with Gasteiger partial charge in [-0.05, 0) is 0 Å². The first-order valence-corrected chi connectivity index (χ1v) is 1.53. The van der Waals surface area contributed by atoms with Crippen LogP contribution in [0.15, 0.2) is 12.3 Å². The highest BCUT2D eigenvalue weighted by molar-refractivity contribution is 5.57. The van der Waals surface area contributed by atoms with Crippen molar-refractivity contribution >= 4 is 6.16 Å². The fourth-order valence-electron chi connectivity index (χ4n) is 0.106. The standard InChI is InChI=1S/C3H2F2O3/c4-1-2(5)8-3(6)7/h1H,(H,6,7). The summed E-state index contributed by atoms with van der Waals surface area (Å²) in [6.45, 7) is 0. The van der Waals surface area contributed by atoms with Crippen LogP contribution in [0.3, 0.4) is 0 Å². The molecule has 0 unspecified atom stereocenters. The number of carbonyl (C=O) groups is 1. The zero-order valence-corrected chi connectivity index (χ0v) is 3.60. The number of carboxylic acid groups (broad SMARTS) is 1. The third-order valence-corrected chi connectivity index (χ3v) is 0.271. The van der Waals surface area contributed by atoms with Crippen molar-refractivity contribution in [2.45, 2.75) is 0 Å². The van der Waals surface area contributed by atoms with Crippen LogP contribution in [-0.2, 0) is 4.74 Å². The van der Waals surface area contributed by atoms with E-state index in [1.54, 1.807) is 0 Å². The number of rotatable bonds is 1. The van der Waals surface area contributed by atoms with E-state index >= 15 is 0 Å². The van der Waals surface area contributed by atoms with Crippen LogP contribution in [0.4, 0.5) is 13.6 Å². The molecule has 5 heteroatoms. The Morgan fingerprint density at radius 3 is 2.38 bits per heavy atom. The van der Waals surface area contributed by atoms with Crippen LogP contribution in [0, 0.1) is 0 Å². The molecular weight excluding hydrogens is 122 g/mol. The molecule has 1 N–H and O–H groups in total. The SMILES string of the molecule is O=C(O)OC(F)=CF. The maximum absolute atomic E-state index is 11.3. The van der Waals surface area contributed by atoms with E-state index in [9.17, 15) is 13.6 Å². The van der Waals surface area contributed by atoms with Crippen LogP contribution >= 0.6 is 0 Å². The van der Waals surface area contributed by atoms with Crippen LogP contribution in [-0.4, -0.2) is 11.3 Å². The van der Waals surface area contributed by atoms with Crippen molar-refractivity contribution in [3.63, 3.8) is 0 Å². The average Bonchev–Trinajstić information content (AvgIpc) is 1.65. The Bertz CT molecular complexity index is 120.